The van der Waals surface area contributed by atoms with Crippen molar-refractivity contribution in [2.75, 3.05) is 0 Å². The highest BCUT2D eigenvalue weighted by molar-refractivity contribution is 7.73. The van der Waals surface area contributed by atoms with Crippen molar-refractivity contribution in [2.45, 2.75) is 89.4 Å². The standard InChI is InChI=1S/C20H28N2OS2/c23-17-12-7-13-18-19(17)22(20(24)25-18)14-21(15-8-3-1-4-9-15)16-10-5-2-6-11-16/h7,13,15-16H,1-6,8-12,14H2. The summed E-state index contributed by atoms with van der Waals surface area (Å²) in [6.07, 6.45) is 18.0. The fourth-order valence-corrected chi connectivity index (χ4v) is 6.19. The number of carbonyl (C=O) groups is 1. The van der Waals surface area contributed by atoms with E-state index in [1.54, 1.807) is 11.3 Å². The molecule has 1 aromatic rings. The summed E-state index contributed by atoms with van der Waals surface area (Å²) in [6, 6.07) is 1.34. The Balaban J connectivity index is 1.64. The van der Waals surface area contributed by atoms with Crippen molar-refractivity contribution in [3.63, 3.8) is 0 Å². The predicted octanol–water partition coefficient (Wildman–Crippen LogP) is 5.80. The zero-order valence-electron chi connectivity index (χ0n) is 14.9. The van der Waals surface area contributed by atoms with Gasteiger partial charge in [-0.3, -0.25) is 9.69 Å². The quantitative estimate of drug-likeness (QED) is 0.621. The van der Waals surface area contributed by atoms with Gasteiger partial charge in [0.05, 0.1) is 11.5 Å². The molecule has 0 aliphatic heterocycles. The molecule has 0 bridgehead atoms. The van der Waals surface area contributed by atoms with Crippen LogP contribution in [0.25, 0.3) is 6.08 Å². The van der Waals surface area contributed by atoms with E-state index >= 15 is 0 Å². The van der Waals surface area contributed by atoms with E-state index in [9.17, 15) is 4.79 Å². The van der Waals surface area contributed by atoms with Gasteiger partial charge in [0.1, 0.15) is 5.69 Å². The Morgan fingerprint density at radius 1 is 1.04 bits per heavy atom. The van der Waals surface area contributed by atoms with Crippen LogP contribution in [0, 0.1) is 3.95 Å². The van der Waals surface area contributed by atoms with Crippen LogP contribution in [0.1, 0.15) is 86.0 Å². The number of thiazole rings is 1. The van der Waals surface area contributed by atoms with Crippen molar-refractivity contribution < 1.29 is 4.79 Å². The fraction of sp³-hybridized carbons (Fsp3) is 0.700. The summed E-state index contributed by atoms with van der Waals surface area (Å²) in [4.78, 5) is 16.3. The molecule has 0 aromatic carbocycles. The molecular weight excluding hydrogens is 348 g/mol. The van der Waals surface area contributed by atoms with Gasteiger partial charge in [0.25, 0.3) is 0 Å². The molecule has 1 aromatic heterocycles. The topological polar surface area (TPSA) is 25.2 Å². The van der Waals surface area contributed by atoms with E-state index in [1.165, 1.54) is 64.2 Å². The number of allylic oxidation sites excluding steroid dienone is 1. The van der Waals surface area contributed by atoms with E-state index in [4.69, 9.17) is 12.2 Å². The monoisotopic (exact) mass is 376 g/mol. The normalized spacial score (nSPS) is 22.5. The number of hydrogen-bond donors (Lipinski definition) is 0. The van der Waals surface area contributed by atoms with Crippen molar-refractivity contribution in [1.82, 2.24) is 9.47 Å². The maximum Gasteiger partial charge on any atom is 0.184 e. The Kier molecular flexibility index (Phi) is 5.53. The second kappa shape index (κ2) is 7.85. The molecule has 0 unspecified atom stereocenters. The first kappa shape index (κ1) is 17.6. The van der Waals surface area contributed by atoms with Gasteiger partial charge in [-0.25, -0.2) is 0 Å². The number of fused-ring (bicyclic) bond motifs is 1. The molecule has 25 heavy (non-hydrogen) atoms. The largest absolute Gasteiger partial charge is 0.306 e. The van der Waals surface area contributed by atoms with E-state index in [-0.39, 0.29) is 5.78 Å². The average Bonchev–Trinajstić information content (AvgIpc) is 2.97. The maximum atomic E-state index is 12.5. The van der Waals surface area contributed by atoms with Gasteiger partial charge in [-0.05, 0) is 44.0 Å². The predicted molar refractivity (Wildman–Crippen MR) is 107 cm³/mol. The summed E-state index contributed by atoms with van der Waals surface area (Å²) < 4.78 is 3.02. The van der Waals surface area contributed by atoms with Gasteiger partial charge >= 0.3 is 0 Å². The van der Waals surface area contributed by atoms with Crippen molar-refractivity contribution in [2.24, 2.45) is 0 Å². The lowest BCUT2D eigenvalue weighted by atomic mass is 9.89. The van der Waals surface area contributed by atoms with Gasteiger partial charge in [0, 0.05) is 18.5 Å². The van der Waals surface area contributed by atoms with Crippen LogP contribution in [0.2, 0.25) is 0 Å². The minimum Gasteiger partial charge on any atom is -0.306 e. The molecule has 3 aliphatic rings. The lowest BCUT2D eigenvalue weighted by molar-refractivity contribution is 0.0488. The highest BCUT2D eigenvalue weighted by atomic mass is 32.1. The van der Waals surface area contributed by atoms with Crippen molar-refractivity contribution in [1.29, 1.82) is 0 Å². The van der Waals surface area contributed by atoms with Crippen LogP contribution in [-0.2, 0) is 6.67 Å². The number of hydrogen-bond acceptors (Lipinski definition) is 4. The zero-order chi connectivity index (χ0) is 17.2. The molecule has 5 heteroatoms. The summed E-state index contributed by atoms with van der Waals surface area (Å²) in [7, 11) is 0. The third-order valence-corrected chi connectivity index (χ3v) is 7.56. The van der Waals surface area contributed by atoms with Crippen LogP contribution < -0.4 is 0 Å². The Bertz CT molecular complexity index is 688. The smallest absolute Gasteiger partial charge is 0.184 e. The summed E-state index contributed by atoms with van der Waals surface area (Å²) in [5.74, 6) is 0.233. The highest BCUT2D eigenvalue weighted by Gasteiger charge is 2.31. The van der Waals surface area contributed by atoms with Gasteiger partial charge in [0.15, 0.2) is 9.74 Å². The molecule has 2 saturated carbocycles. The van der Waals surface area contributed by atoms with Gasteiger partial charge in [-0.15, -0.1) is 11.3 Å². The molecule has 136 valence electrons. The molecular formula is C20H28N2OS2. The van der Waals surface area contributed by atoms with E-state index in [0.29, 0.717) is 18.5 Å². The molecule has 0 saturated heterocycles. The number of ketones is 1. The Labute approximate surface area is 159 Å². The van der Waals surface area contributed by atoms with E-state index in [2.05, 4.69) is 15.5 Å². The summed E-state index contributed by atoms with van der Waals surface area (Å²) in [5.41, 5.74) is 0.870. The molecule has 0 atom stereocenters. The molecule has 0 radical (unpaired) electrons. The second-order valence-electron chi connectivity index (χ2n) is 7.78. The molecule has 2 fully saturated rings. The number of Topliss-reactive ketones (excluding diaryl/α,β-unsaturated/α-hetero) is 1. The second-order valence-corrected chi connectivity index (χ2v) is 9.45. The first-order valence-electron chi connectivity index (χ1n) is 9.93. The van der Waals surface area contributed by atoms with Crippen LogP contribution in [0.4, 0.5) is 0 Å². The van der Waals surface area contributed by atoms with Gasteiger partial charge in [-0.2, -0.15) is 0 Å². The van der Waals surface area contributed by atoms with Gasteiger partial charge in [0.2, 0.25) is 0 Å². The van der Waals surface area contributed by atoms with Gasteiger partial charge < -0.3 is 4.57 Å². The Morgan fingerprint density at radius 3 is 2.24 bits per heavy atom. The maximum absolute atomic E-state index is 12.5. The first-order valence-corrected chi connectivity index (χ1v) is 11.2. The number of carbonyl (C=O) groups excluding carboxylic acids is 1. The van der Waals surface area contributed by atoms with Crippen LogP contribution in [0.3, 0.4) is 0 Å². The van der Waals surface area contributed by atoms with Crippen LogP contribution in [0.5, 0.6) is 0 Å². The first-order chi connectivity index (χ1) is 12.2. The number of aromatic nitrogens is 1. The van der Waals surface area contributed by atoms with Crippen LogP contribution in [-0.4, -0.2) is 27.3 Å². The lowest BCUT2D eigenvalue weighted by Gasteiger charge is -2.42. The van der Waals surface area contributed by atoms with Crippen molar-refractivity contribution >= 4 is 35.4 Å². The Morgan fingerprint density at radius 2 is 1.64 bits per heavy atom. The average molecular weight is 377 g/mol. The summed E-state index contributed by atoms with van der Waals surface area (Å²) in [6.45, 7) is 0.819. The van der Waals surface area contributed by atoms with Crippen LogP contribution >= 0.6 is 23.6 Å². The summed E-state index contributed by atoms with van der Waals surface area (Å²) in [5, 5.41) is 0. The lowest BCUT2D eigenvalue weighted by Crippen LogP contribution is -2.46. The van der Waals surface area contributed by atoms with Gasteiger partial charge in [-0.1, -0.05) is 44.6 Å². The SMILES string of the molecule is O=C1CC=Cc2sc(=S)n(CN(C3CCCCC3)C3CCCCC3)c21. The molecule has 3 aliphatic carbocycles. The fourth-order valence-electron chi connectivity index (χ4n) is 4.84. The highest BCUT2D eigenvalue weighted by Crippen LogP contribution is 2.33. The third kappa shape index (κ3) is 3.69. The van der Waals surface area contributed by atoms with Crippen molar-refractivity contribution in [3.05, 3.63) is 20.6 Å². The summed E-state index contributed by atoms with van der Waals surface area (Å²) >= 11 is 7.26. The Hall–Kier alpha value is -0.780. The minimum atomic E-state index is 0.233. The minimum absolute atomic E-state index is 0.233. The van der Waals surface area contributed by atoms with Crippen LogP contribution in [0.15, 0.2) is 6.08 Å². The molecule has 0 N–H and O–H groups in total. The molecule has 3 nitrogen and oxygen atoms in total. The molecule has 1 heterocycles. The number of nitrogens with zero attached hydrogens (tertiary/aromatic N) is 2. The van der Waals surface area contributed by atoms with E-state index in [1.807, 2.05) is 6.08 Å². The molecule has 0 spiro atoms. The molecule has 0 amide bonds. The third-order valence-electron chi connectivity index (χ3n) is 6.15. The number of rotatable bonds is 4. The zero-order valence-corrected chi connectivity index (χ0v) is 16.5. The van der Waals surface area contributed by atoms with Crippen molar-refractivity contribution in [3.8, 4) is 0 Å². The van der Waals surface area contributed by atoms with E-state index < -0.39 is 0 Å². The van der Waals surface area contributed by atoms with E-state index in [0.717, 1.165) is 21.2 Å². The molecule has 4 rings (SSSR count).